The fraction of sp³-hybridized carbons (Fsp3) is 0.533. The quantitative estimate of drug-likeness (QED) is 0.761. The third kappa shape index (κ3) is 4.44. The summed E-state index contributed by atoms with van der Waals surface area (Å²) in [6, 6.07) is 4.93. The minimum atomic E-state index is -3.51. The molecule has 2 heterocycles. The van der Waals surface area contributed by atoms with Crippen molar-refractivity contribution in [1.82, 2.24) is 10.0 Å². The first-order valence-electron chi connectivity index (χ1n) is 7.70. The van der Waals surface area contributed by atoms with E-state index in [-0.39, 0.29) is 29.3 Å². The molecule has 1 saturated heterocycles. The molecular formula is C15H22ClN3O3S. The molecule has 0 saturated carbocycles. The van der Waals surface area contributed by atoms with Crippen LogP contribution in [-0.4, -0.2) is 33.5 Å². The van der Waals surface area contributed by atoms with Crippen molar-refractivity contribution in [3.05, 3.63) is 23.8 Å². The van der Waals surface area contributed by atoms with Crippen molar-refractivity contribution in [2.45, 2.75) is 43.0 Å². The van der Waals surface area contributed by atoms with Gasteiger partial charge in [0, 0.05) is 18.2 Å². The van der Waals surface area contributed by atoms with Crippen LogP contribution >= 0.6 is 12.4 Å². The number of hydrogen-bond acceptors (Lipinski definition) is 4. The number of halogens is 1. The highest BCUT2D eigenvalue weighted by Gasteiger charge is 2.23. The van der Waals surface area contributed by atoms with E-state index in [2.05, 4.69) is 15.4 Å². The maximum Gasteiger partial charge on any atom is 0.240 e. The van der Waals surface area contributed by atoms with Gasteiger partial charge >= 0.3 is 0 Å². The van der Waals surface area contributed by atoms with E-state index in [1.165, 1.54) is 0 Å². The van der Waals surface area contributed by atoms with E-state index in [1.54, 1.807) is 18.2 Å². The van der Waals surface area contributed by atoms with Gasteiger partial charge in [0.15, 0.2) is 0 Å². The third-order valence-corrected chi connectivity index (χ3v) is 5.69. The number of rotatable bonds is 3. The lowest BCUT2D eigenvalue weighted by Crippen LogP contribution is -2.42. The largest absolute Gasteiger partial charge is 0.326 e. The second-order valence-corrected chi connectivity index (χ2v) is 7.58. The van der Waals surface area contributed by atoms with Crippen molar-refractivity contribution in [2.75, 3.05) is 18.4 Å². The zero-order valence-electron chi connectivity index (χ0n) is 12.8. The van der Waals surface area contributed by atoms with E-state index in [9.17, 15) is 13.2 Å². The Labute approximate surface area is 142 Å². The van der Waals surface area contributed by atoms with Gasteiger partial charge in [-0.3, -0.25) is 4.79 Å². The molecule has 0 unspecified atom stereocenters. The van der Waals surface area contributed by atoms with E-state index in [4.69, 9.17) is 0 Å². The lowest BCUT2D eigenvalue weighted by molar-refractivity contribution is -0.116. The molecule has 0 atom stereocenters. The highest BCUT2D eigenvalue weighted by Crippen LogP contribution is 2.25. The molecule has 2 aliphatic rings. The Hall–Kier alpha value is -1.15. The first-order chi connectivity index (χ1) is 10.5. The number of sulfonamides is 1. The van der Waals surface area contributed by atoms with Crippen LogP contribution in [0.15, 0.2) is 23.1 Å². The summed E-state index contributed by atoms with van der Waals surface area (Å²) in [5.74, 6) is -0.0119. The molecule has 0 spiro atoms. The summed E-state index contributed by atoms with van der Waals surface area (Å²) in [6.45, 7) is 1.67. The van der Waals surface area contributed by atoms with Gasteiger partial charge in [-0.2, -0.15) is 0 Å². The predicted octanol–water partition coefficient (Wildman–Crippen LogP) is 1.41. The van der Waals surface area contributed by atoms with Crippen molar-refractivity contribution in [1.29, 1.82) is 0 Å². The number of fused-ring (bicyclic) bond motifs is 1. The fourth-order valence-corrected chi connectivity index (χ4v) is 4.30. The Morgan fingerprint density at radius 1 is 1.13 bits per heavy atom. The molecule has 1 amide bonds. The fourth-order valence-electron chi connectivity index (χ4n) is 2.95. The lowest BCUT2D eigenvalue weighted by atomic mass is 10.1. The number of nitrogens with one attached hydrogen (secondary N) is 3. The smallest absolute Gasteiger partial charge is 0.240 e. The van der Waals surface area contributed by atoms with Crippen LogP contribution in [0.1, 0.15) is 31.2 Å². The van der Waals surface area contributed by atoms with Crippen LogP contribution in [0.25, 0.3) is 0 Å². The molecule has 0 aromatic heterocycles. The van der Waals surface area contributed by atoms with Gasteiger partial charge in [-0.15, -0.1) is 12.4 Å². The Bertz CT molecular complexity index is 673. The van der Waals surface area contributed by atoms with E-state index in [0.717, 1.165) is 43.6 Å². The van der Waals surface area contributed by atoms with Crippen LogP contribution in [0.2, 0.25) is 0 Å². The van der Waals surface area contributed by atoms with Gasteiger partial charge in [-0.05, 0) is 62.5 Å². The summed E-state index contributed by atoms with van der Waals surface area (Å²) < 4.78 is 27.8. The van der Waals surface area contributed by atoms with E-state index in [1.807, 2.05) is 0 Å². The first kappa shape index (κ1) is 18.2. The maximum atomic E-state index is 12.5. The van der Waals surface area contributed by atoms with Crippen LogP contribution in [0, 0.1) is 0 Å². The molecule has 128 valence electrons. The first-order valence-corrected chi connectivity index (χ1v) is 9.19. The number of anilines is 1. The van der Waals surface area contributed by atoms with Gasteiger partial charge < -0.3 is 10.6 Å². The minimum absolute atomic E-state index is 0. The van der Waals surface area contributed by atoms with E-state index < -0.39 is 10.0 Å². The van der Waals surface area contributed by atoms with E-state index >= 15 is 0 Å². The van der Waals surface area contributed by atoms with Crippen molar-refractivity contribution in [3.63, 3.8) is 0 Å². The zero-order valence-corrected chi connectivity index (χ0v) is 14.4. The monoisotopic (exact) mass is 359 g/mol. The Morgan fingerprint density at radius 3 is 2.61 bits per heavy atom. The number of piperidine rings is 1. The summed E-state index contributed by atoms with van der Waals surface area (Å²) in [4.78, 5) is 11.8. The molecule has 6 nitrogen and oxygen atoms in total. The molecule has 1 aromatic carbocycles. The Balaban J connectivity index is 0.00000192. The zero-order chi connectivity index (χ0) is 15.6. The molecule has 1 aromatic rings. The van der Waals surface area contributed by atoms with Crippen LogP contribution in [0.4, 0.5) is 5.69 Å². The second kappa shape index (κ2) is 7.61. The standard InChI is InChI=1S/C15H21N3O3S.ClH/c19-15-3-1-2-11-10-13(4-5-14(11)17-15)22(20,21)18-12-6-8-16-9-7-12;/h4-5,10,12,16,18H,1-3,6-9H2,(H,17,19);1H. The summed E-state index contributed by atoms with van der Waals surface area (Å²) in [5, 5.41) is 6.04. The average molecular weight is 360 g/mol. The Morgan fingerprint density at radius 2 is 1.87 bits per heavy atom. The number of carbonyl (C=O) groups excluding carboxylic acids is 1. The van der Waals surface area contributed by atoms with Crippen LogP contribution in [0.5, 0.6) is 0 Å². The molecular weight excluding hydrogens is 338 g/mol. The summed E-state index contributed by atoms with van der Waals surface area (Å²) in [6.07, 6.45) is 3.54. The normalized spacial score (nSPS) is 19.2. The van der Waals surface area contributed by atoms with Gasteiger partial charge in [0.25, 0.3) is 0 Å². The van der Waals surface area contributed by atoms with E-state index in [0.29, 0.717) is 12.8 Å². The molecule has 0 bridgehead atoms. The van der Waals surface area contributed by atoms with Crippen molar-refractivity contribution in [2.24, 2.45) is 0 Å². The number of hydrogen-bond donors (Lipinski definition) is 3. The minimum Gasteiger partial charge on any atom is -0.326 e. The van der Waals surface area contributed by atoms with Gasteiger partial charge in [-0.25, -0.2) is 13.1 Å². The third-order valence-electron chi connectivity index (χ3n) is 4.17. The van der Waals surface area contributed by atoms with Gasteiger partial charge in [-0.1, -0.05) is 0 Å². The molecule has 3 rings (SSSR count). The van der Waals surface area contributed by atoms with Crippen LogP contribution < -0.4 is 15.4 Å². The predicted molar refractivity (Wildman–Crippen MR) is 91.5 cm³/mol. The highest BCUT2D eigenvalue weighted by molar-refractivity contribution is 7.89. The topological polar surface area (TPSA) is 87.3 Å². The number of amides is 1. The summed E-state index contributed by atoms with van der Waals surface area (Å²) in [5.41, 5.74) is 1.61. The van der Waals surface area contributed by atoms with Crippen LogP contribution in [-0.2, 0) is 21.2 Å². The average Bonchev–Trinajstić information content (AvgIpc) is 2.67. The highest BCUT2D eigenvalue weighted by atomic mass is 35.5. The Kier molecular flexibility index (Phi) is 6.02. The molecule has 3 N–H and O–H groups in total. The van der Waals surface area contributed by atoms with Crippen molar-refractivity contribution in [3.8, 4) is 0 Å². The number of carbonyl (C=O) groups is 1. The van der Waals surface area contributed by atoms with Crippen LogP contribution in [0.3, 0.4) is 0 Å². The number of aryl methyl sites for hydroxylation is 1. The van der Waals surface area contributed by atoms with Gasteiger partial charge in [0.1, 0.15) is 0 Å². The summed E-state index contributed by atoms with van der Waals surface area (Å²) in [7, 11) is -3.51. The van der Waals surface area contributed by atoms with Gasteiger partial charge in [0.2, 0.25) is 15.9 Å². The van der Waals surface area contributed by atoms with Crippen molar-refractivity contribution >= 4 is 34.0 Å². The molecule has 0 aliphatic carbocycles. The number of benzene rings is 1. The molecule has 1 fully saturated rings. The molecule has 8 heteroatoms. The summed E-state index contributed by atoms with van der Waals surface area (Å²) >= 11 is 0. The molecule has 23 heavy (non-hydrogen) atoms. The SMILES string of the molecule is Cl.O=C1CCCc2cc(S(=O)(=O)NC3CCNCC3)ccc2N1. The molecule has 2 aliphatic heterocycles. The second-order valence-electron chi connectivity index (χ2n) is 5.87. The van der Waals surface area contributed by atoms with Crippen molar-refractivity contribution < 1.29 is 13.2 Å². The lowest BCUT2D eigenvalue weighted by Gasteiger charge is -2.23. The maximum absolute atomic E-state index is 12.5. The molecule has 0 radical (unpaired) electrons. The van der Waals surface area contributed by atoms with Gasteiger partial charge in [0.05, 0.1) is 4.90 Å².